The highest BCUT2D eigenvalue weighted by atomic mass is 16.5. The first-order valence-electron chi connectivity index (χ1n) is 11.8. The van der Waals surface area contributed by atoms with E-state index in [-0.39, 0.29) is 5.95 Å². The van der Waals surface area contributed by atoms with Crippen molar-refractivity contribution in [3.8, 4) is 5.75 Å². The Morgan fingerprint density at radius 3 is 2.71 bits per heavy atom. The van der Waals surface area contributed by atoms with E-state index in [4.69, 9.17) is 15.2 Å². The lowest BCUT2D eigenvalue weighted by atomic mass is 10.1. The summed E-state index contributed by atoms with van der Waals surface area (Å²) in [5.74, 6) is 1.89. The Bertz CT molecular complexity index is 1250. The number of unbranched alkanes of at least 4 members (excludes halogenated alkanes) is 1. The quantitative estimate of drug-likeness (QED) is 0.272. The van der Waals surface area contributed by atoms with Crippen LogP contribution in [0, 0.1) is 0 Å². The van der Waals surface area contributed by atoms with Crippen LogP contribution in [0.15, 0.2) is 42.5 Å². The third-order valence-corrected chi connectivity index (χ3v) is 5.93. The second kappa shape index (κ2) is 11.2. The van der Waals surface area contributed by atoms with Gasteiger partial charge in [0, 0.05) is 37.7 Å². The molecule has 0 aliphatic heterocycles. The van der Waals surface area contributed by atoms with Crippen molar-refractivity contribution in [3.63, 3.8) is 0 Å². The number of fused-ring (bicyclic) bond motifs is 3. The maximum absolute atomic E-state index is 6.11. The highest BCUT2D eigenvalue weighted by Gasteiger charge is 2.19. The second-order valence-electron chi connectivity index (χ2n) is 8.33. The Kier molecular flexibility index (Phi) is 7.82. The first kappa shape index (κ1) is 23.8. The van der Waals surface area contributed by atoms with Gasteiger partial charge in [-0.3, -0.25) is 0 Å². The van der Waals surface area contributed by atoms with E-state index in [1.807, 2.05) is 18.2 Å². The van der Waals surface area contributed by atoms with Crippen molar-refractivity contribution in [2.45, 2.75) is 32.9 Å². The summed E-state index contributed by atoms with van der Waals surface area (Å²) in [6.45, 7) is 5.87. The van der Waals surface area contributed by atoms with Crippen LogP contribution in [-0.2, 0) is 17.8 Å². The summed E-state index contributed by atoms with van der Waals surface area (Å²) in [4.78, 5) is 9.20. The van der Waals surface area contributed by atoms with E-state index in [9.17, 15) is 0 Å². The number of nitrogens with two attached hydrogens (primary N) is 1. The predicted molar refractivity (Wildman–Crippen MR) is 139 cm³/mol. The topological polar surface area (TPSA) is 99.2 Å². The summed E-state index contributed by atoms with van der Waals surface area (Å²) < 4.78 is 13.1. The first-order valence-corrected chi connectivity index (χ1v) is 11.8. The standard InChI is InChI=1S/C26H34N6O2/c1-4-5-12-29-25-24-23(30-26(27)31-25)20-8-6-7-9-21(20)32(24)17-19-15-18(10-11-22(19)34-3)16-28-13-14-33-2/h6-11,15,28H,4-5,12-14,16-17H2,1-3H3,(H3,27,29,30,31). The van der Waals surface area contributed by atoms with E-state index >= 15 is 0 Å². The van der Waals surface area contributed by atoms with Crippen molar-refractivity contribution >= 4 is 33.7 Å². The van der Waals surface area contributed by atoms with Crippen LogP contribution >= 0.6 is 0 Å². The molecule has 8 nitrogen and oxygen atoms in total. The monoisotopic (exact) mass is 462 g/mol. The van der Waals surface area contributed by atoms with Gasteiger partial charge in [0.2, 0.25) is 5.95 Å². The SMILES string of the molecule is CCCCNc1nc(N)nc2c3ccccc3n(Cc3cc(CNCCOC)ccc3OC)c12. The number of aromatic nitrogens is 3. The highest BCUT2D eigenvalue weighted by molar-refractivity contribution is 6.09. The van der Waals surface area contributed by atoms with E-state index < -0.39 is 0 Å². The minimum atomic E-state index is 0.274. The van der Waals surface area contributed by atoms with Crippen LogP contribution in [0.3, 0.4) is 0 Å². The fourth-order valence-electron chi connectivity index (χ4n) is 4.26. The van der Waals surface area contributed by atoms with Gasteiger partial charge in [-0.2, -0.15) is 4.98 Å². The number of nitrogens with zero attached hydrogens (tertiary/aromatic N) is 3. The molecule has 34 heavy (non-hydrogen) atoms. The molecule has 4 aromatic rings. The van der Waals surface area contributed by atoms with E-state index in [1.54, 1.807) is 14.2 Å². The molecule has 0 unspecified atom stereocenters. The molecule has 0 spiro atoms. The maximum atomic E-state index is 6.11. The number of benzene rings is 2. The zero-order chi connectivity index (χ0) is 23.9. The normalized spacial score (nSPS) is 11.4. The molecule has 0 atom stereocenters. The molecule has 2 heterocycles. The number of nitrogens with one attached hydrogen (secondary N) is 2. The summed E-state index contributed by atoms with van der Waals surface area (Å²) >= 11 is 0. The first-order chi connectivity index (χ1) is 16.7. The van der Waals surface area contributed by atoms with E-state index in [2.05, 4.69) is 56.4 Å². The third kappa shape index (κ3) is 5.08. The summed E-state index contributed by atoms with van der Waals surface area (Å²) in [6, 6.07) is 14.6. The Hall–Kier alpha value is -3.36. The van der Waals surface area contributed by atoms with Gasteiger partial charge in [-0.15, -0.1) is 0 Å². The van der Waals surface area contributed by atoms with Crippen LogP contribution in [-0.4, -0.2) is 48.5 Å². The molecule has 4 N–H and O–H groups in total. The zero-order valence-electron chi connectivity index (χ0n) is 20.2. The van der Waals surface area contributed by atoms with Crippen molar-refractivity contribution < 1.29 is 9.47 Å². The van der Waals surface area contributed by atoms with Crippen LogP contribution in [0.4, 0.5) is 11.8 Å². The van der Waals surface area contributed by atoms with Crippen LogP contribution in [0.1, 0.15) is 30.9 Å². The molecule has 2 aromatic heterocycles. The number of hydrogen-bond donors (Lipinski definition) is 3. The summed E-state index contributed by atoms with van der Waals surface area (Å²) in [7, 11) is 3.42. The lowest BCUT2D eigenvalue weighted by Crippen LogP contribution is -2.18. The maximum Gasteiger partial charge on any atom is 0.222 e. The average molecular weight is 463 g/mol. The molecule has 0 amide bonds. The van der Waals surface area contributed by atoms with Crippen molar-refractivity contribution in [1.29, 1.82) is 0 Å². The summed E-state index contributed by atoms with van der Waals surface area (Å²) in [5.41, 5.74) is 11.3. The summed E-state index contributed by atoms with van der Waals surface area (Å²) in [5, 5.41) is 7.96. The van der Waals surface area contributed by atoms with Crippen molar-refractivity contribution in [2.24, 2.45) is 0 Å². The number of rotatable bonds is 12. The minimum Gasteiger partial charge on any atom is -0.496 e. The molecule has 2 aromatic carbocycles. The number of methoxy groups -OCH3 is 2. The van der Waals surface area contributed by atoms with E-state index in [0.717, 1.165) is 71.5 Å². The lowest BCUT2D eigenvalue weighted by molar-refractivity contribution is 0.199. The Morgan fingerprint density at radius 1 is 1.06 bits per heavy atom. The van der Waals surface area contributed by atoms with Crippen LogP contribution in [0.25, 0.3) is 21.9 Å². The van der Waals surface area contributed by atoms with Gasteiger partial charge in [0.25, 0.3) is 0 Å². The molecule has 4 rings (SSSR count). The predicted octanol–water partition coefficient (Wildman–Crippen LogP) is 4.17. The minimum absolute atomic E-state index is 0.274. The molecule has 0 fully saturated rings. The van der Waals surface area contributed by atoms with Gasteiger partial charge < -0.3 is 30.4 Å². The van der Waals surface area contributed by atoms with Gasteiger partial charge in [-0.25, -0.2) is 4.98 Å². The highest BCUT2D eigenvalue weighted by Crippen LogP contribution is 2.34. The number of ether oxygens (including phenoxy) is 2. The molecule has 180 valence electrons. The van der Waals surface area contributed by atoms with Gasteiger partial charge in [0.1, 0.15) is 16.8 Å². The van der Waals surface area contributed by atoms with Gasteiger partial charge in [0.15, 0.2) is 5.82 Å². The van der Waals surface area contributed by atoms with Gasteiger partial charge >= 0.3 is 0 Å². The third-order valence-electron chi connectivity index (χ3n) is 5.93. The van der Waals surface area contributed by atoms with E-state index in [1.165, 1.54) is 5.56 Å². The van der Waals surface area contributed by atoms with Crippen molar-refractivity contribution in [3.05, 3.63) is 53.6 Å². The second-order valence-corrected chi connectivity index (χ2v) is 8.33. The van der Waals surface area contributed by atoms with Gasteiger partial charge in [0.05, 0.1) is 25.8 Å². The Balaban J connectivity index is 1.79. The molecule has 8 heteroatoms. The Labute approximate surface area is 200 Å². The number of hydrogen-bond acceptors (Lipinski definition) is 7. The van der Waals surface area contributed by atoms with Crippen LogP contribution in [0.2, 0.25) is 0 Å². The van der Waals surface area contributed by atoms with Crippen molar-refractivity contribution in [1.82, 2.24) is 19.9 Å². The fraction of sp³-hybridized carbons (Fsp3) is 0.385. The molecule has 0 saturated heterocycles. The number of para-hydroxylation sites is 1. The Morgan fingerprint density at radius 2 is 1.91 bits per heavy atom. The molecule has 0 saturated carbocycles. The molecule has 0 radical (unpaired) electrons. The van der Waals surface area contributed by atoms with Gasteiger partial charge in [-0.05, 0) is 30.2 Å². The number of anilines is 2. The van der Waals surface area contributed by atoms with Crippen molar-refractivity contribution in [2.75, 3.05) is 45.0 Å². The lowest BCUT2D eigenvalue weighted by Gasteiger charge is -2.15. The van der Waals surface area contributed by atoms with Crippen LogP contribution < -0.4 is 21.1 Å². The smallest absolute Gasteiger partial charge is 0.222 e. The number of nitrogen functional groups attached to an aromatic ring is 1. The molecule has 0 aliphatic rings. The van der Waals surface area contributed by atoms with Gasteiger partial charge in [-0.1, -0.05) is 37.6 Å². The molecule has 0 bridgehead atoms. The molecular weight excluding hydrogens is 428 g/mol. The fourth-order valence-corrected chi connectivity index (χ4v) is 4.26. The molecular formula is C26H34N6O2. The zero-order valence-corrected chi connectivity index (χ0v) is 20.2. The average Bonchev–Trinajstić information content (AvgIpc) is 3.15. The summed E-state index contributed by atoms with van der Waals surface area (Å²) in [6.07, 6.45) is 2.15. The largest absolute Gasteiger partial charge is 0.496 e. The molecule has 0 aliphatic carbocycles. The van der Waals surface area contributed by atoms with E-state index in [0.29, 0.717) is 13.2 Å². The van der Waals surface area contributed by atoms with Crippen LogP contribution in [0.5, 0.6) is 5.75 Å².